The molecular weight excluding hydrogens is 310 g/mol. The third-order valence-corrected chi connectivity index (χ3v) is 2.97. The van der Waals surface area contributed by atoms with Crippen molar-refractivity contribution < 1.29 is 19.1 Å². The maximum absolute atomic E-state index is 12.0. The highest BCUT2D eigenvalue weighted by Gasteiger charge is 2.21. The molecule has 1 aromatic rings. The Kier molecular flexibility index (Phi) is 7.23. The van der Waals surface area contributed by atoms with Crippen molar-refractivity contribution in [3.05, 3.63) is 35.9 Å². The predicted molar refractivity (Wildman–Crippen MR) is 90.4 cm³/mol. The highest BCUT2D eigenvalue weighted by Crippen LogP contribution is 2.06. The van der Waals surface area contributed by atoms with E-state index in [9.17, 15) is 14.4 Å². The molecule has 0 saturated heterocycles. The van der Waals surface area contributed by atoms with Crippen LogP contribution in [-0.4, -0.2) is 43.1 Å². The zero-order chi connectivity index (χ0) is 18.2. The lowest BCUT2D eigenvalue weighted by atomic mass is 10.1. The van der Waals surface area contributed by atoms with E-state index in [1.807, 2.05) is 30.3 Å². The SMILES string of the molecule is CNC(=O)[C@H](Cc1ccccc1)NC(=O)CNC(=O)OC(C)(C)C. The monoisotopic (exact) mass is 335 g/mol. The Morgan fingerprint density at radius 3 is 2.29 bits per heavy atom. The molecule has 24 heavy (non-hydrogen) atoms. The number of nitrogens with one attached hydrogen (secondary N) is 3. The number of hydrogen-bond acceptors (Lipinski definition) is 4. The Balaban J connectivity index is 2.55. The van der Waals surface area contributed by atoms with E-state index in [0.29, 0.717) is 6.42 Å². The van der Waals surface area contributed by atoms with Crippen molar-refractivity contribution in [2.45, 2.75) is 38.8 Å². The Morgan fingerprint density at radius 1 is 1.12 bits per heavy atom. The van der Waals surface area contributed by atoms with Crippen molar-refractivity contribution in [3.8, 4) is 0 Å². The molecule has 7 heteroatoms. The number of hydrogen-bond donors (Lipinski definition) is 3. The topological polar surface area (TPSA) is 96.5 Å². The van der Waals surface area contributed by atoms with Gasteiger partial charge in [-0.25, -0.2) is 4.79 Å². The van der Waals surface area contributed by atoms with Crippen molar-refractivity contribution in [3.63, 3.8) is 0 Å². The number of likely N-dealkylation sites (N-methyl/N-ethyl adjacent to an activating group) is 1. The average Bonchev–Trinajstić information content (AvgIpc) is 2.51. The molecule has 0 bridgehead atoms. The minimum absolute atomic E-state index is 0.267. The highest BCUT2D eigenvalue weighted by atomic mass is 16.6. The molecule has 1 atom stereocenters. The standard InChI is InChI=1S/C17H25N3O4/c1-17(2,3)24-16(23)19-11-14(21)20-13(15(22)18-4)10-12-8-6-5-7-9-12/h5-9,13H,10-11H2,1-4H3,(H,18,22)(H,19,23)(H,20,21)/t13-/m0/s1. The maximum atomic E-state index is 12.0. The summed E-state index contributed by atoms with van der Waals surface area (Å²) in [5.41, 5.74) is 0.282. The van der Waals surface area contributed by atoms with Gasteiger partial charge in [-0.1, -0.05) is 30.3 Å². The molecule has 0 aromatic heterocycles. The molecule has 0 radical (unpaired) electrons. The van der Waals surface area contributed by atoms with Crippen LogP contribution in [0.25, 0.3) is 0 Å². The smallest absolute Gasteiger partial charge is 0.408 e. The average molecular weight is 335 g/mol. The van der Waals surface area contributed by atoms with Gasteiger partial charge in [0, 0.05) is 13.5 Å². The third kappa shape index (κ3) is 7.62. The molecule has 3 N–H and O–H groups in total. The Morgan fingerprint density at radius 2 is 1.75 bits per heavy atom. The number of carbonyl (C=O) groups excluding carboxylic acids is 3. The summed E-state index contributed by atoms with van der Waals surface area (Å²) in [5, 5.41) is 7.49. The second-order valence-corrected chi connectivity index (χ2v) is 6.28. The maximum Gasteiger partial charge on any atom is 0.408 e. The fraction of sp³-hybridized carbons (Fsp3) is 0.471. The Hall–Kier alpha value is -2.57. The highest BCUT2D eigenvalue weighted by molar-refractivity contribution is 5.89. The van der Waals surface area contributed by atoms with E-state index in [0.717, 1.165) is 5.56 Å². The van der Waals surface area contributed by atoms with Gasteiger partial charge in [-0.3, -0.25) is 9.59 Å². The van der Waals surface area contributed by atoms with E-state index in [1.165, 1.54) is 7.05 Å². The van der Waals surface area contributed by atoms with Crippen molar-refractivity contribution in [2.24, 2.45) is 0 Å². The van der Waals surface area contributed by atoms with Crippen LogP contribution in [0.3, 0.4) is 0 Å². The van der Waals surface area contributed by atoms with Crippen LogP contribution in [0.2, 0.25) is 0 Å². The molecule has 0 aliphatic heterocycles. The van der Waals surface area contributed by atoms with E-state index in [4.69, 9.17) is 4.74 Å². The van der Waals surface area contributed by atoms with Crippen LogP contribution in [0.4, 0.5) is 4.79 Å². The number of rotatable bonds is 6. The van der Waals surface area contributed by atoms with Crippen molar-refractivity contribution in [1.29, 1.82) is 0 Å². The first-order valence-corrected chi connectivity index (χ1v) is 7.73. The summed E-state index contributed by atoms with van der Waals surface area (Å²) in [6.45, 7) is 4.92. The fourth-order valence-corrected chi connectivity index (χ4v) is 1.95. The van der Waals surface area contributed by atoms with Crippen LogP contribution in [0.15, 0.2) is 30.3 Å². The van der Waals surface area contributed by atoms with Crippen molar-refractivity contribution in [1.82, 2.24) is 16.0 Å². The number of benzene rings is 1. The van der Waals surface area contributed by atoms with Crippen LogP contribution < -0.4 is 16.0 Å². The molecule has 0 heterocycles. The van der Waals surface area contributed by atoms with Gasteiger partial charge in [0.25, 0.3) is 0 Å². The van der Waals surface area contributed by atoms with Gasteiger partial charge in [0.15, 0.2) is 0 Å². The quantitative estimate of drug-likeness (QED) is 0.722. The summed E-state index contributed by atoms with van der Waals surface area (Å²) < 4.78 is 5.05. The molecule has 0 fully saturated rings. The normalized spacial score (nSPS) is 12.0. The summed E-state index contributed by atoms with van der Waals surface area (Å²) in [5.74, 6) is -0.769. The largest absolute Gasteiger partial charge is 0.444 e. The summed E-state index contributed by atoms with van der Waals surface area (Å²) >= 11 is 0. The van der Waals surface area contributed by atoms with Crippen LogP contribution in [0.5, 0.6) is 0 Å². The van der Waals surface area contributed by atoms with E-state index in [-0.39, 0.29) is 12.5 Å². The summed E-state index contributed by atoms with van der Waals surface area (Å²) in [6.07, 6.45) is -0.323. The van der Waals surface area contributed by atoms with E-state index < -0.39 is 23.6 Å². The molecule has 0 aliphatic carbocycles. The summed E-state index contributed by atoms with van der Waals surface area (Å²) in [4.78, 5) is 35.4. The van der Waals surface area contributed by atoms with Gasteiger partial charge < -0.3 is 20.7 Å². The summed E-state index contributed by atoms with van der Waals surface area (Å²) in [6, 6.07) is 8.64. The molecule has 3 amide bonds. The van der Waals surface area contributed by atoms with Gasteiger partial charge in [-0.2, -0.15) is 0 Å². The minimum atomic E-state index is -0.717. The second-order valence-electron chi connectivity index (χ2n) is 6.28. The Bertz CT molecular complexity index is 567. The fourth-order valence-electron chi connectivity index (χ4n) is 1.95. The molecule has 1 aromatic carbocycles. The molecule has 7 nitrogen and oxygen atoms in total. The van der Waals surface area contributed by atoms with E-state index in [2.05, 4.69) is 16.0 Å². The summed E-state index contributed by atoms with van der Waals surface area (Å²) in [7, 11) is 1.51. The van der Waals surface area contributed by atoms with Gasteiger partial charge in [0.1, 0.15) is 18.2 Å². The molecule has 0 spiro atoms. The lowest BCUT2D eigenvalue weighted by molar-refractivity contribution is -0.128. The van der Waals surface area contributed by atoms with Gasteiger partial charge >= 0.3 is 6.09 Å². The van der Waals surface area contributed by atoms with Crippen LogP contribution in [0.1, 0.15) is 26.3 Å². The van der Waals surface area contributed by atoms with Crippen LogP contribution >= 0.6 is 0 Å². The van der Waals surface area contributed by atoms with Gasteiger partial charge in [-0.05, 0) is 26.3 Å². The van der Waals surface area contributed by atoms with Crippen LogP contribution in [-0.2, 0) is 20.7 Å². The second kappa shape index (κ2) is 8.90. The zero-order valence-electron chi connectivity index (χ0n) is 14.5. The number of ether oxygens (including phenoxy) is 1. The minimum Gasteiger partial charge on any atom is -0.444 e. The Labute approximate surface area is 142 Å². The molecule has 0 saturated carbocycles. The zero-order valence-corrected chi connectivity index (χ0v) is 14.5. The number of alkyl carbamates (subject to hydrolysis) is 1. The van der Waals surface area contributed by atoms with Gasteiger partial charge in [0.05, 0.1) is 0 Å². The first-order chi connectivity index (χ1) is 11.2. The third-order valence-electron chi connectivity index (χ3n) is 2.97. The van der Waals surface area contributed by atoms with Crippen LogP contribution in [0, 0.1) is 0 Å². The molecule has 1 rings (SSSR count). The molecule has 0 aliphatic rings. The lowest BCUT2D eigenvalue weighted by Gasteiger charge is -2.20. The number of amides is 3. The van der Waals surface area contributed by atoms with Crippen molar-refractivity contribution in [2.75, 3.05) is 13.6 Å². The molecule has 0 unspecified atom stereocenters. The van der Waals surface area contributed by atoms with Crippen molar-refractivity contribution >= 4 is 17.9 Å². The molecular formula is C17H25N3O4. The predicted octanol–water partition coefficient (Wildman–Crippen LogP) is 0.985. The van der Waals surface area contributed by atoms with E-state index in [1.54, 1.807) is 20.8 Å². The number of carbonyl (C=O) groups is 3. The van der Waals surface area contributed by atoms with E-state index >= 15 is 0 Å². The first-order valence-electron chi connectivity index (χ1n) is 7.73. The lowest BCUT2D eigenvalue weighted by Crippen LogP contribution is -2.50. The molecule has 132 valence electrons. The van der Waals surface area contributed by atoms with Gasteiger partial charge in [0.2, 0.25) is 11.8 Å². The van der Waals surface area contributed by atoms with Gasteiger partial charge in [-0.15, -0.1) is 0 Å². The first kappa shape index (κ1) is 19.5.